The molecule has 1 saturated carbocycles. The predicted octanol–water partition coefficient (Wildman–Crippen LogP) is 2.16. The lowest BCUT2D eigenvalue weighted by atomic mass is 9.87. The Morgan fingerprint density at radius 3 is 2.94 bits per heavy atom. The van der Waals surface area contributed by atoms with E-state index in [0.717, 1.165) is 32.5 Å². The predicted molar refractivity (Wildman–Crippen MR) is 61.1 cm³/mol. The van der Waals surface area contributed by atoms with Gasteiger partial charge in [-0.15, -0.1) is 0 Å². The van der Waals surface area contributed by atoms with Gasteiger partial charge in [0, 0.05) is 24.6 Å². The maximum Gasteiger partial charge on any atom is 0.136 e. The van der Waals surface area contributed by atoms with Crippen LogP contribution < -0.4 is 0 Å². The smallest absolute Gasteiger partial charge is 0.136 e. The second kappa shape index (κ2) is 3.08. The first-order valence-electron chi connectivity index (χ1n) is 6.16. The molecule has 3 aliphatic rings. The zero-order valence-electron chi connectivity index (χ0n) is 9.97. The second-order valence-electron chi connectivity index (χ2n) is 5.88. The summed E-state index contributed by atoms with van der Waals surface area (Å²) in [7, 11) is 1.75. The van der Waals surface area contributed by atoms with E-state index in [4.69, 9.17) is 4.74 Å². The van der Waals surface area contributed by atoms with Crippen LogP contribution in [0.2, 0.25) is 0 Å². The molecule has 2 heterocycles. The van der Waals surface area contributed by atoms with Crippen LogP contribution >= 0.6 is 0 Å². The summed E-state index contributed by atoms with van der Waals surface area (Å²) < 4.78 is 19.7. The van der Waals surface area contributed by atoms with Crippen molar-refractivity contribution in [1.82, 2.24) is 4.90 Å². The molecule has 0 radical (unpaired) electrons. The molecule has 16 heavy (non-hydrogen) atoms. The standard InChI is InChI=1S/C13H20FNO/c1-3-13(14)8-11(13)7-12(10-16-2)5-4-6-15(12)9-11/h3H,1,4-10H2,2H3. The minimum absolute atomic E-state index is 0.131. The van der Waals surface area contributed by atoms with Gasteiger partial charge >= 0.3 is 0 Å². The molecular formula is C13H20FNO. The van der Waals surface area contributed by atoms with Crippen molar-refractivity contribution in [3.05, 3.63) is 12.7 Å². The van der Waals surface area contributed by atoms with Crippen molar-refractivity contribution < 1.29 is 9.13 Å². The average molecular weight is 225 g/mol. The van der Waals surface area contributed by atoms with Gasteiger partial charge in [0.1, 0.15) is 5.67 Å². The molecule has 0 bridgehead atoms. The van der Waals surface area contributed by atoms with Gasteiger partial charge in [-0.2, -0.15) is 0 Å². The van der Waals surface area contributed by atoms with Crippen LogP contribution in [0.15, 0.2) is 12.7 Å². The maximum absolute atomic E-state index is 14.3. The van der Waals surface area contributed by atoms with Crippen molar-refractivity contribution in [3.63, 3.8) is 0 Å². The zero-order chi connectivity index (χ0) is 11.4. The number of alkyl halides is 1. The molecule has 3 unspecified atom stereocenters. The fraction of sp³-hybridized carbons (Fsp3) is 0.846. The first kappa shape index (κ1) is 10.7. The number of hydrogen-bond donors (Lipinski definition) is 0. The lowest BCUT2D eigenvalue weighted by Gasteiger charge is -2.30. The normalized spacial score (nSPS) is 50.9. The van der Waals surface area contributed by atoms with E-state index in [1.807, 2.05) is 0 Å². The fourth-order valence-corrected chi connectivity index (χ4v) is 4.11. The molecule has 90 valence electrons. The summed E-state index contributed by atoms with van der Waals surface area (Å²) in [5, 5.41) is 0. The SMILES string of the molecule is C=CC1(F)CC12CN1CCCC1(COC)C2. The van der Waals surface area contributed by atoms with Gasteiger partial charge in [-0.3, -0.25) is 4.90 Å². The van der Waals surface area contributed by atoms with Crippen molar-refractivity contribution in [3.8, 4) is 0 Å². The summed E-state index contributed by atoms with van der Waals surface area (Å²) in [6, 6.07) is 0. The van der Waals surface area contributed by atoms with E-state index in [-0.39, 0.29) is 11.0 Å². The summed E-state index contributed by atoms with van der Waals surface area (Å²) in [5.41, 5.74) is -1.10. The second-order valence-corrected chi connectivity index (χ2v) is 5.88. The van der Waals surface area contributed by atoms with Crippen LogP contribution in [0.1, 0.15) is 25.7 Å². The molecule has 0 aromatic heterocycles. The Kier molecular flexibility index (Phi) is 2.06. The Morgan fingerprint density at radius 1 is 1.50 bits per heavy atom. The number of methoxy groups -OCH3 is 1. The summed E-state index contributed by atoms with van der Waals surface area (Å²) >= 11 is 0. The van der Waals surface area contributed by atoms with E-state index in [1.165, 1.54) is 12.5 Å². The Hall–Kier alpha value is -0.410. The van der Waals surface area contributed by atoms with E-state index in [1.54, 1.807) is 7.11 Å². The van der Waals surface area contributed by atoms with Crippen LogP contribution in [-0.2, 0) is 4.74 Å². The number of hydrogen-bond acceptors (Lipinski definition) is 2. The molecule has 0 N–H and O–H groups in total. The van der Waals surface area contributed by atoms with Crippen LogP contribution in [0.5, 0.6) is 0 Å². The van der Waals surface area contributed by atoms with Crippen LogP contribution in [-0.4, -0.2) is 42.9 Å². The first-order valence-corrected chi connectivity index (χ1v) is 6.16. The maximum atomic E-state index is 14.3. The van der Waals surface area contributed by atoms with Crippen LogP contribution in [0.4, 0.5) is 4.39 Å². The van der Waals surface area contributed by atoms with Crippen molar-refractivity contribution >= 4 is 0 Å². The quantitative estimate of drug-likeness (QED) is 0.682. The van der Waals surface area contributed by atoms with Crippen molar-refractivity contribution in [2.45, 2.75) is 36.9 Å². The number of fused-ring (bicyclic) bond motifs is 1. The third-order valence-electron chi connectivity index (χ3n) is 4.99. The third kappa shape index (κ3) is 1.13. The zero-order valence-corrected chi connectivity index (χ0v) is 9.97. The van der Waals surface area contributed by atoms with Crippen molar-refractivity contribution in [1.29, 1.82) is 0 Å². The minimum Gasteiger partial charge on any atom is -0.383 e. The van der Waals surface area contributed by atoms with E-state index >= 15 is 0 Å². The summed E-state index contributed by atoms with van der Waals surface area (Å²) in [4.78, 5) is 2.46. The van der Waals surface area contributed by atoms with Gasteiger partial charge in [-0.25, -0.2) is 4.39 Å². The highest BCUT2D eigenvalue weighted by Gasteiger charge is 2.74. The van der Waals surface area contributed by atoms with Gasteiger partial charge in [-0.05, 0) is 32.2 Å². The average Bonchev–Trinajstić information content (AvgIpc) is 2.54. The van der Waals surface area contributed by atoms with Gasteiger partial charge in [0.15, 0.2) is 0 Å². The third-order valence-corrected chi connectivity index (χ3v) is 4.99. The number of allylic oxidation sites excluding steroid dienone is 1. The van der Waals surface area contributed by atoms with Crippen LogP contribution in [0, 0.1) is 5.41 Å². The molecule has 1 aliphatic carbocycles. The molecule has 0 amide bonds. The van der Waals surface area contributed by atoms with Gasteiger partial charge in [0.05, 0.1) is 6.61 Å². The molecule has 3 atom stereocenters. The van der Waals surface area contributed by atoms with E-state index in [0.29, 0.717) is 6.42 Å². The number of rotatable bonds is 3. The number of halogens is 1. The van der Waals surface area contributed by atoms with Gasteiger partial charge in [0.2, 0.25) is 0 Å². The van der Waals surface area contributed by atoms with E-state index in [2.05, 4.69) is 11.5 Å². The Labute approximate surface area is 96.5 Å². The number of nitrogens with zero attached hydrogens (tertiary/aromatic N) is 1. The topological polar surface area (TPSA) is 12.5 Å². The fourth-order valence-electron chi connectivity index (χ4n) is 4.11. The highest BCUT2D eigenvalue weighted by atomic mass is 19.1. The molecule has 2 nitrogen and oxygen atoms in total. The Balaban J connectivity index is 1.84. The minimum atomic E-state index is -1.10. The highest BCUT2D eigenvalue weighted by molar-refractivity contribution is 5.31. The summed E-state index contributed by atoms with van der Waals surface area (Å²) in [6.45, 7) is 6.41. The lowest BCUT2D eigenvalue weighted by Crippen LogP contribution is -2.42. The molecule has 3 heteroatoms. The Morgan fingerprint density at radius 2 is 2.31 bits per heavy atom. The lowest BCUT2D eigenvalue weighted by molar-refractivity contribution is 0.0651. The van der Waals surface area contributed by atoms with Crippen LogP contribution in [0.3, 0.4) is 0 Å². The van der Waals surface area contributed by atoms with Crippen LogP contribution in [0.25, 0.3) is 0 Å². The molecular weight excluding hydrogens is 205 g/mol. The largest absolute Gasteiger partial charge is 0.383 e. The molecule has 2 aliphatic heterocycles. The molecule has 3 fully saturated rings. The molecule has 2 saturated heterocycles. The first-order chi connectivity index (χ1) is 7.60. The van der Waals surface area contributed by atoms with E-state index in [9.17, 15) is 4.39 Å². The Bertz CT molecular complexity index is 334. The van der Waals surface area contributed by atoms with E-state index < -0.39 is 5.67 Å². The molecule has 0 aromatic carbocycles. The monoisotopic (exact) mass is 225 g/mol. The molecule has 1 spiro atoms. The highest BCUT2D eigenvalue weighted by Crippen LogP contribution is 2.69. The summed E-state index contributed by atoms with van der Waals surface area (Å²) in [5.74, 6) is 0. The van der Waals surface area contributed by atoms with Gasteiger partial charge in [0.25, 0.3) is 0 Å². The summed E-state index contributed by atoms with van der Waals surface area (Å²) in [6.07, 6.45) is 5.54. The van der Waals surface area contributed by atoms with Crippen molar-refractivity contribution in [2.75, 3.05) is 26.8 Å². The van der Waals surface area contributed by atoms with Gasteiger partial charge < -0.3 is 4.74 Å². The number of ether oxygens (including phenoxy) is 1. The molecule has 3 rings (SSSR count). The van der Waals surface area contributed by atoms with Gasteiger partial charge in [-0.1, -0.05) is 12.7 Å². The molecule has 0 aromatic rings. The van der Waals surface area contributed by atoms with Crippen molar-refractivity contribution in [2.24, 2.45) is 5.41 Å².